The van der Waals surface area contributed by atoms with Gasteiger partial charge < -0.3 is 15.8 Å². The Hall–Kier alpha value is -0.120. The molecule has 15 heavy (non-hydrogen) atoms. The molecule has 0 aromatic heterocycles. The van der Waals surface area contributed by atoms with Gasteiger partial charge in [0, 0.05) is 19.2 Å². The van der Waals surface area contributed by atoms with Gasteiger partial charge in [-0.3, -0.25) is 0 Å². The Morgan fingerprint density at radius 2 is 2.20 bits per heavy atom. The van der Waals surface area contributed by atoms with E-state index in [9.17, 15) is 0 Å². The molecule has 0 bridgehead atoms. The molecule has 1 heterocycles. The fourth-order valence-electron chi connectivity index (χ4n) is 2.46. The van der Waals surface area contributed by atoms with Gasteiger partial charge in [-0.1, -0.05) is 6.92 Å². The van der Waals surface area contributed by atoms with Crippen molar-refractivity contribution in [2.75, 3.05) is 19.7 Å². The first kappa shape index (κ1) is 11.4. The Morgan fingerprint density at radius 1 is 1.40 bits per heavy atom. The monoisotopic (exact) mass is 212 g/mol. The highest BCUT2D eigenvalue weighted by molar-refractivity contribution is 4.85. The van der Waals surface area contributed by atoms with Crippen LogP contribution in [0.4, 0.5) is 0 Å². The van der Waals surface area contributed by atoms with E-state index in [1.165, 1.54) is 25.7 Å². The minimum absolute atomic E-state index is 0.362. The number of nitrogens with one attached hydrogen (secondary N) is 1. The third-order valence-corrected chi connectivity index (χ3v) is 3.80. The molecule has 0 aromatic carbocycles. The van der Waals surface area contributed by atoms with Crippen LogP contribution in [-0.2, 0) is 4.74 Å². The van der Waals surface area contributed by atoms with Crippen LogP contribution in [0.2, 0.25) is 0 Å². The van der Waals surface area contributed by atoms with E-state index in [4.69, 9.17) is 10.5 Å². The molecule has 0 amide bonds. The topological polar surface area (TPSA) is 47.3 Å². The van der Waals surface area contributed by atoms with Gasteiger partial charge in [0.05, 0.1) is 6.10 Å². The van der Waals surface area contributed by atoms with Gasteiger partial charge >= 0.3 is 0 Å². The van der Waals surface area contributed by atoms with E-state index in [-0.39, 0.29) is 0 Å². The van der Waals surface area contributed by atoms with Crippen LogP contribution in [0.15, 0.2) is 0 Å². The van der Waals surface area contributed by atoms with Gasteiger partial charge in [-0.15, -0.1) is 0 Å². The standard InChI is InChI=1S/C12H24N2O/c1-9(10-4-5-10)8-14-11(7-13)12-3-2-6-15-12/h9-12,14H,2-8,13H2,1H3. The van der Waals surface area contributed by atoms with Crippen LogP contribution < -0.4 is 11.1 Å². The van der Waals surface area contributed by atoms with Gasteiger partial charge in [0.15, 0.2) is 0 Å². The molecule has 1 aliphatic heterocycles. The van der Waals surface area contributed by atoms with Gasteiger partial charge in [0.2, 0.25) is 0 Å². The molecule has 2 fully saturated rings. The van der Waals surface area contributed by atoms with Gasteiger partial charge in [-0.2, -0.15) is 0 Å². The predicted octanol–water partition coefficient (Wildman–Crippen LogP) is 1.13. The molecule has 2 rings (SSSR count). The largest absolute Gasteiger partial charge is 0.377 e. The maximum Gasteiger partial charge on any atom is 0.0741 e. The molecule has 3 nitrogen and oxygen atoms in total. The second-order valence-electron chi connectivity index (χ2n) is 5.12. The van der Waals surface area contributed by atoms with Crippen LogP contribution in [0, 0.1) is 11.8 Å². The van der Waals surface area contributed by atoms with Crippen LogP contribution in [0.25, 0.3) is 0 Å². The highest BCUT2D eigenvalue weighted by atomic mass is 16.5. The normalized spacial score (nSPS) is 30.4. The summed E-state index contributed by atoms with van der Waals surface area (Å²) in [7, 11) is 0. The van der Waals surface area contributed by atoms with Crippen LogP contribution in [0.5, 0.6) is 0 Å². The molecule has 0 radical (unpaired) electrons. The molecule has 3 N–H and O–H groups in total. The van der Waals surface area contributed by atoms with Crippen molar-refractivity contribution in [3.63, 3.8) is 0 Å². The third-order valence-electron chi connectivity index (χ3n) is 3.80. The van der Waals surface area contributed by atoms with Crippen molar-refractivity contribution in [1.29, 1.82) is 0 Å². The Balaban J connectivity index is 1.69. The summed E-state index contributed by atoms with van der Waals surface area (Å²) < 4.78 is 5.67. The molecule has 1 saturated carbocycles. The highest BCUT2D eigenvalue weighted by Crippen LogP contribution is 2.36. The lowest BCUT2D eigenvalue weighted by atomic mass is 10.0. The lowest BCUT2D eigenvalue weighted by Gasteiger charge is -2.24. The number of nitrogens with two attached hydrogens (primary N) is 1. The SMILES string of the molecule is CC(CNC(CN)C1CCCO1)C1CC1. The Labute approximate surface area is 92.7 Å². The smallest absolute Gasteiger partial charge is 0.0741 e. The van der Waals surface area contributed by atoms with E-state index in [0.717, 1.165) is 25.0 Å². The Bertz CT molecular complexity index is 188. The second kappa shape index (κ2) is 5.28. The Morgan fingerprint density at radius 3 is 2.73 bits per heavy atom. The van der Waals surface area contributed by atoms with Crippen molar-refractivity contribution < 1.29 is 4.74 Å². The van der Waals surface area contributed by atoms with E-state index in [2.05, 4.69) is 12.2 Å². The van der Waals surface area contributed by atoms with Crippen molar-refractivity contribution in [3.05, 3.63) is 0 Å². The summed E-state index contributed by atoms with van der Waals surface area (Å²) in [4.78, 5) is 0. The summed E-state index contributed by atoms with van der Waals surface area (Å²) in [6.45, 7) is 5.06. The number of ether oxygens (including phenoxy) is 1. The molecule has 3 heteroatoms. The third kappa shape index (κ3) is 3.16. The molecular formula is C12H24N2O. The van der Waals surface area contributed by atoms with Gasteiger partial charge in [0.1, 0.15) is 0 Å². The van der Waals surface area contributed by atoms with Gasteiger partial charge in [0.25, 0.3) is 0 Å². The van der Waals surface area contributed by atoms with Crippen molar-refractivity contribution >= 4 is 0 Å². The molecule has 3 unspecified atom stereocenters. The van der Waals surface area contributed by atoms with E-state index >= 15 is 0 Å². The first-order valence-electron chi connectivity index (χ1n) is 6.36. The van der Waals surface area contributed by atoms with Crippen LogP contribution in [0.3, 0.4) is 0 Å². The van der Waals surface area contributed by atoms with E-state index in [1.54, 1.807) is 0 Å². The van der Waals surface area contributed by atoms with E-state index in [1.807, 2.05) is 0 Å². The molecular weight excluding hydrogens is 188 g/mol. The summed E-state index contributed by atoms with van der Waals surface area (Å²) in [5, 5.41) is 3.58. The number of hydrogen-bond donors (Lipinski definition) is 2. The van der Waals surface area contributed by atoms with Gasteiger partial charge in [-0.05, 0) is 44.1 Å². The average molecular weight is 212 g/mol. The van der Waals surface area contributed by atoms with Crippen molar-refractivity contribution in [3.8, 4) is 0 Å². The lowest BCUT2D eigenvalue weighted by Crippen LogP contribution is -2.46. The zero-order valence-electron chi connectivity index (χ0n) is 9.74. The van der Waals surface area contributed by atoms with Crippen LogP contribution >= 0.6 is 0 Å². The molecule has 88 valence electrons. The molecule has 0 spiro atoms. The first-order chi connectivity index (χ1) is 7.31. The summed E-state index contributed by atoms with van der Waals surface area (Å²) in [6, 6.07) is 0.369. The zero-order valence-corrected chi connectivity index (χ0v) is 9.74. The van der Waals surface area contributed by atoms with E-state index in [0.29, 0.717) is 18.7 Å². The average Bonchev–Trinajstić information content (AvgIpc) is 2.97. The maximum atomic E-state index is 5.79. The fraction of sp³-hybridized carbons (Fsp3) is 1.00. The second-order valence-corrected chi connectivity index (χ2v) is 5.12. The van der Waals surface area contributed by atoms with Crippen LogP contribution in [0.1, 0.15) is 32.6 Å². The summed E-state index contributed by atoms with van der Waals surface area (Å²) in [6.07, 6.45) is 5.58. The van der Waals surface area contributed by atoms with Gasteiger partial charge in [-0.25, -0.2) is 0 Å². The molecule has 1 aliphatic carbocycles. The highest BCUT2D eigenvalue weighted by Gasteiger charge is 2.29. The molecule has 2 aliphatic rings. The summed E-state index contributed by atoms with van der Waals surface area (Å²) in [5.41, 5.74) is 5.79. The first-order valence-corrected chi connectivity index (χ1v) is 6.36. The molecule has 0 aromatic rings. The zero-order chi connectivity index (χ0) is 10.7. The minimum Gasteiger partial charge on any atom is -0.377 e. The number of rotatable bonds is 6. The predicted molar refractivity (Wildman–Crippen MR) is 61.7 cm³/mol. The van der Waals surface area contributed by atoms with Crippen molar-refractivity contribution in [2.45, 2.75) is 44.8 Å². The van der Waals surface area contributed by atoms with Crippen molar-refractivity contribution in [1.82, 2.24) is 5.32 Å². The lowest BCUT2D eigenvalue weighted by molar-refractivity contribution is 0.0792. The quantitative estimate of drug-likeness (QED) is 0.694. The minimum atomic E-state index is 0.362. The number of hydrogen-bond acceptors (Lipinski definition) is 3. The summed E-state index contributed by atoms with van der Waals surface area (Å²) in [5.74, 6) is 1.78. The molecule has 1 saturated heterocycles. The Kier molecular flexibility index (Phi) is 4.00. The summed E-state index contributed by atoms with van der Waals surface area (Å²) >= 11 is 0. The van der Waals surface area contributed by atoms with Crippen LogP contribution in [-0.4, -0.2) is 31.8 Å². The molecule has 3 atom stereocenters. The fourth-order valence-corrected chi connectivity index (χ4v) is 2.46. The van der Waals surface area contributed by atoms with Crippen molar-refractivity contribution in [2.24, 2.45) is 17.6 Å². The maximum absolute atomic E-state index is 5.79. The van der Waals surface area contributed by atoms with E-state index < -0.39 is 0 Å².